The van der Waals surface area contributed by atoms with Gasteiger partial charge in [0.15, 0.2) is 0 Å². The highest BCUT2D eigenvalue weighted by atomic mass is 32.2. The molecule has 1 N–H and O–H groups in total. The van der Waals surface area contributed by atoms with Crippen molar-refractivity contribution in [1.29, 1.82) is 0 Å². The van der Waals surface area contributed by atoms with Crippen LogP contribution in [0, 0.1) is 5.82 Å². The number of rotatable bonds is 7. The Morgan fingerprint density at radius 1 is 1.47 bits per heavy atom. The average Bonchev–Trinajstić information content (AvgIpc) is 2.41. The topological polar surface area (TPSA) is 38.3 Å². The van der Waals surface area contributed by atoms with Crippen LogP contribution in [0.5, 0.6) is 0 Å². The van der Waals surface area contributed by atoms with Crippen molar-refractivity contribution in [2.75, 3.05) is 19.4 Å². The van der Waals surface area contributed by atoms with Gasteiger partial charge in [-0.05, 0) is 39.4 Å². The number of ether oxygens (including phenoxy) is 1. The molecule has 1 aromatic carbocycles. The Morgan fingerprint density at radius 2 is 2.16 bits per heavy atom. The summed E-state index contributed by atoms with van der Waals surface area (Å²) in [6, 6.07) is 6.63. The molecule has 0 aliphatic carbocycles. The zero-order valence-electron chi connectivity index (χ0n) is 11.5. The molecule has 0 amide bonds. The number of halogens is 1. The van der Waals surface area contributed by atoms with Crippen LogP contribution in [-0.4, -0.2) is 30.9 Å². The van der Waals surface area contributed by atoms with Crippen LogP contribution in [0.1, 0.15) is 20.3 Å². The highest BCUT2D eigenvalue weighted by Crippen LogP contribution is 2.24. The van der Waals surface area contributed by atoms with Crippen molar-refractivity contribution < 1.29 is 13.9 Å². The Kier molecular flexibility index (Phi) is 6.31. The Balaban J connectivity index is 2.55. The molecular formula is C14H20FNO2S. The fraction of sp³-hybridized carbons (Fsp3) is 0.500. The zero-order chi connectivity index (χ0) is 14.3. The van der Waals surface area contributed by atoms with Crippen LogP contribution in [0.3, 0.4) is 0 Å². The van der Waals surface area contributed by atoms with Gasteiger partial charge in [0.05, 0.1) is 6.61 Å². The van der Waals surface area contributed by atoms with E-state index in [2.05, 4.69) is 5.32 Å². The van der Waals surface area contributed by atoms with E-state index >= 15 is 0 Å². The van der Waals surface area contributed by atoms with E-state index in [9.17, 15) is 9.18 Å². The van der Waals surface area contributed by atoms with Crippen molar-refractivity contribution >= 4 is 17.7 Å². The molecule has 1 aromatic rings. The minimum absolute atomic E-state index is 0.227. The van der Waals surface area contributed by atoms with Gasteiger partial charge in [-0.1, -0.05) is 12.1 Å². The number of hydrogen-bond acceptors (Lipinski definition) is 4. The monoisotopic (exact) mass is 285 g/mol. The number of hydrogen-bond donors (Lipinski definition) is 1. The Hall–Kier alpha value is -1.07. The van der Waals surface area contributed by atoms with Gasteiger partial charge in [0.1, 0.15) is 11.4 Å². The molecule has 0 aliphatic rings. The molecule has 1 atom stereocenters. The van der Waals surface area contributed by atoms with E-state index in [0.717, 1.165) is 0 Å². The Bertz CT molecular complexity index is 428. The lowest BCUT2D eigenvalue weighted by Gasteiger charge is -2.26. The highest BCUT2D eigenvalue weighted by Gasteiger charge is 2.32. The molecule has 1 rings (SSSR count). The van der Waals surface area contributed by atoms with E-state index in [1.807, 2.05) is 0 Å². The molecule has 106 valence electrons. The van der Waals surface area contributed by atoms with Crippen LogP contribution in [0.4, 0.5) is 4.39 Å². The summed E-state index contributed by atoms with van der Waals surface area (Å²) in [4.78, 5) is 12.4. The number of benzene rings is 1. The van der Waals surface area contributed by atoms with Gasteiger partial charge in [-0.25, -0.2) is 4.39 Å². The molecule has 0 heterocycles. The summed E-state index contributed by atoms with van der Waals surface area (Å²) in [6.45, 7) is 3.94. The number of likely N-dealkylation sites (N-methyl/N-ethyl adjacent to an activating group) is 1. The molecule has 0 saturated carbocycles. The summed E-state index contributed by atoms with van der Waals surface area (Å²) in [7, 11) is 1.73. The number of esters is 1. The summed E-state index contributed by atoms with van der Waals surface area (Å²) in [5.74, 6) is 0.137. The van der Waals surface area contributed by atoms with Gasteiger partial charge in [-0.2, -0.15) is 0 Å². The number of thioether (sulfide) groups is 1. The first-order valence-corrected chi connectivity index (χ1v) is 7.25. The zero-order valence-corrected chi connectivity index (χ0v) is 12.3. The number of nitrogens with one attached hydrogen (secondary N) is 1. The molecule has 0 aliphatic heterocycles. The lowest BCUT2D eigenvalue weighted by Crippen LogP contribution is -2.49. The van der Waals surface area contributed by atoms with Gasteiger partial charge in [-0.3, -0.25) is 4.79 Å². The average molecular weight is 285 g/mol. The molecule has 1 unspecified atom stereocenters. The van der Waals surface area contributed by atoms with Gasteiger partial charge >= 0.3 is 5.97 Å². The van der Waals surface area contributed by atoms with Crippen molar-refractivity contribution in [3.63, 3.8) is 0 Å². The summed E-state index contributed by atoms with van der Waals surface area (Å²) >= 11 is 1.40. The lowest BCUT2D eigenvalue weighted by molar-refractivity contribution is -0.150. The first-order chi connectivity index (χ1) is 9.03. The van der Waals surface area contributed by atoms with Crippen molar-refractivity contribution in [3.05, 3.63) is 30.1 Å². The third kappa shape index (κ3) is 4.51. The van der Waals surface area contributed by atoms with Crippen molar-refractivity contribution in [2.45, 2.75) is 30.7 Å². The molecule has 0 fully saturated rings. The molecule has 0 bridgehead atoms. The lowest BCUT2D eigenvalue weighted by atomic mass is 10.00. The molecule has 0 aromatic heterocycles. The standard InChI is InChI=1S/C14H20FNO2S/c1-4-18-13(17)14(2,16-3)9-10-19-12-8-6-5-7-11(12)15/h5-8,16H,4,9-10H2,1-3H3. The van der Waals surface area contributed by atoms with Crippen LogP contribution >= 0.6 is 11.8 Å². The fourth-order valence-electron chi connectivity index (χ4n) is 1.55. The second-order valence-electron chi connectivity index (χ2n) is 4.33. The van der Waals surface area contributed by atoms with Crippen LogP contribution in [0.15, 0.2) is 29.2 Å². The third-order valence-corrected chi connectivity index (χ3v) is 4.02. The SMILES string of the molecule is CCOC(=O)C(C)(CCSc1ccccc1F)NC. The molecule has 19 heavy (non-hydrogen) atoms. The van der Waals surface area contributed by atoms with Crippen LogP contribution < -0.4 is 5.32 Å². The van der Waals surface area contributed by atoms with E-state index in [1.54, 1.807) is 39.1 Å². The first-order valence-electron chi connectivity index (χ1n) is 6.27. The Morgan fingerprint density at radius 3 is 2.74 bits per heavy atom. The third-order valence-electron chi connectivity index (χ3n) is 2.97. The predicted molar refractivity (Wildman–Crippen MR) is 75.8 cm³/mol. The second kappa shape index (κ2) is 7.50. The van der Waals surface area contributed by atoms with Crippen molar-refractivity contribution in [1.82, 2.24) is 5.32 Å². The van der Waals surface area contributed by atoms with Gasteiger partial charge in [0, 0.05) is 10.6 Å². The van der Waals surface area contributed by atoms with E-state index in [0.29, 0.717) is 23.7 Å². The smallest absolute Gasteiger partial charge is 0.326 e. The van der Waals surface area contributed by atoms with Crippen LogP contribution in [0.25, 0.3) is 0 Å². The normalized spacial score (nSPS) is 13.9. The first kappa shape index (κ1) is 16.0. The van der Waals surface area contributed by atoms with E-state index in [4.69, 9.17) is 4.74 Å². The second-order valence-corrected chi connectivity index (χ2v) is 5.47. The summed E-state index contributed by atoms with van der Waals surface area (Å²) in [5.41, 5.74) is -0.728. The largest absolute Gasteiger partial charge is 0.465 e. The van der Waals surface area contributed by atoms with E-state index in [-0.39, 0.29) is 11.8 Å². The Labute approximate surface area is 117 Å². The van der Waals surface area contributed by atoms with E-state index in [1.165, 1.54) is 17.8 Å². The van der Waals surface area contributed by atoms with Crippen molar-refractivity contribution in [3.8, 4) is 0 Å². The quantitative estimate of drug-likeness (QED) is 0.617. The van der Waals surface area contributed by atoms with Gasteiger partial charge in [0.2, 0.25) is 0 Å². The fourth-order valence-corrected chi connectivity index (χ4v) is 2.66. The predicted octanol–water partition coefficient (Wildman–Crippen LogP) is 2.85. The molecule has 0 radical (unpaired) electrons. The summed E-state index contributed by atoms with van der Waals surface area (Å²) < 4.78 is 18.5. The van der Waals surface area contributed by atoms with Crippen molar-refractivity contribution in [2.24, 2.45) is 0 Å². The molecule has 0 spiro atoms. The summed E-state index contributed by atoms with van der Waals surface area (Å²) in [6.07, 6.45) is 0.571. The van der Waals surface area contributed by atoms with Gasteiger partial charge < -0.3 is 10.1 Å². The summed E-state index contributed by atoms with van der Waals surface area (Å²) in [5, 5.41) is 2.98. The highest BCUT2D eigenvalue weighted by molar-refractivity contribution is 7.99. The van der Waals surface area contributed by atoms with Gasteiger partial charge in [-0.15, -0.1) is 11.8 Å². The maximum absolute atomic E-state index is 13.4. The maximum atomic E-state index is 13.4. The molecular weight excluding hydrogens is 265 g/mol. The van der Waals surface area contributed by atoms with Crippen LogP contribution in [-0.2, 0) is 9.53 Å². The van der Waals surface area contributed by atoms with Crippen LogP contribution in [0.2, 0.25) is 0 Å². The minimum Gasteiger partial charge on any atom is -0.465 e. The van der Waals surface area contributed by atoms with E-state index < -0.39 is 5.54 Å². The number of carbonyl (C=O) groups excluding carboxylic acids is 1. The minimum atomic E-state index is -0.728. The molecule has 3 nitrogen and oxygen atoms in total. The van der Waals surface area contributed by atoms with Gasteiger partial charge in [0.25, 0.3) is 0 Å². The maximum Gasteiger partial charge on any atom is 0.326 e. The number of carbonyl (C=O) groups is 1. The molecule has 5 heteroatoms. The molecule has 0 saturated heterocycles.